The second-order valence-electron chi connectivity index (χ2n) is 8.79. The fourth-order valence-electron chi connectivity index (χ4n) is 3.64. The molecule has 4 amide bonds. The molecule has 0 bridgehead atoms. The summed E-state index contributed by atoms with van der Waals surface area (Å²) < 4.78 is 0. The predicted molar refractivity (Wildman–Crippen MR) is 139 cm³/mol. The first kappa shape index (κ1) is 31.6. The number of amides is 4. The van der Waals surface area contributed by atoms with E-state index in [0.29, 0.717) is 51.7 Å². The van der Waals surface area contributed by atoms with Gasteiger partial charge in [-0.2, -0.15) is 0 Å². The number of nitrogens with one attached hydrogen (secondary N) is 3. The van der Waals surface area contributed by atoms with Crippen molar-refractivity contribution in [3.63, 3.8) is 0 Å². The van der Waals surface area contributed by atoms with Crippen LogP contribution in [0.2, 0.25) is 0 Å². The third kappa shape index (κ3) is 12.4. The van der Waals surface area contributed by atoms with Crippen LogP contribution >= 0.6 is 0 Å². The number of carbonyl (C=O) groups excluding carboxylic acids is 3. The topological polar surface area (TPSA) is 270 Å². The van der Waals surface area contributed by atoms with Crippen LogP contribution in [0.4, 0.5) is 4.79 Å². The fourth-order valence-corrected chi connectivity index (χ4v) is 3.64. The van der Waals surface area contributed by atoms with E-state index in [9.17, 15) is 24.3 Å². The van der Waals surface area contributed by atoms with Crippen LogP contribution in [-0.4, -0.2) is 96.7 Å². The minimum Gasteiger partial charge on any atom is -0.479 e. The van der Waals surface area contributed by atoms with E-state index < -0.39 is 35.9 Å². The smallest absolute Gasteiger partial charge is 0.330 e. The third-order valence-corrected chi connectivity index (χ3v) is 5.68. The van der Waals surface area contributed by atoms with Crippen molar-refractivity contribution in [3.05, 3.63) is 12.2 Å². The van der Waals surface area contributed by atoms with Crippen LogP contribution in [0.5, 0.6) is 0 Å². The minimum absolute atomic E-state index is 0.0320. The van der Waals surface area contributed by atoms with Crippen LogP contribution in [0.15, 0.2) is 17.1 Å². The van der Waals surface area contributed by atoms with Gasteiger partial charge in [-0.3, -0.25) is 14.6 Å². The van der Waals surface area contributed by atoms with Gasteiger partial charge in [0.2, 0.25) is 11.8 Å². The lowest BCUT2D eigenvalue weighted by molar-refractivity contribution is -0.148. The molecule has 4 atom stereocenters. The standard InChI is InChI=1S/C22H42N10O5/c23-9-8-16(19(34)32-12-4-7-17(32)20(35)36)31-18(33)15(25)6-1-2-10-29-22(37)30-13-14(24)5-3-11-28-21(26)27/h4,7,14-17H,1-3,5-6,8-13,23-25H2,(H,31,33)(H,35,36)(H4,26,27,28)(H2,29,30,37)/t14-,15-,16-,17-/m0/s1. The molecular formula is C22H42N10O5. The molecule has 1 rings (SSSR count). The number of carboxylic acid groups (broad SMARTS) is 1. The van der Waals surface area contributed by atoms with Gasteiger partial charge in [0.15, 0.2) is 5.96 Å². The van der Waals surface area contributed by atoms with Crippen molar-refractivity contribution in [1.29, 1.82) is 0 Å². The minimum atomic E-state index is -1.15. The van der Waals surface area contributed by atoms with Crippen molar-refractivity contribution in [2.75, 3.05) is 32.7 Å². The first-order chi connectivity index (χ1) is 17.6. The second-order valence-corrected chi connectivity index (χ2v) is 8.79. The molecule has 1 aliphatic heterocycles. The SMILES string of the molecule is NCC[C@H](NC(=O)[C@@H](N)CCCCNC(=O)NC[C@@H](N)CCCN=C(N)N)C(=O)N1CC=C[C@H]1C(=O)O. The largest absolute Gasteiger partial charge is 0.479 e. The van der Waals surface area contributed by atoms with Gasteiger partial charge in [-0.25, -0.2) is 9.59 Å². The van der Waals surface area contributed by atoms with Gasteiger partial charge in [0.05, 0.1) is 6.04 Å². The van der Waals surface area contributed by atoms with E-state index in [4.69, 9.17) is 28.7 Å². The molecule has 0 unspecified atom stereocenters. The Bertz CT molecular complexity index is 818. The molecule has 0 aromatic carbocycles. The molecule has 15 heteroatoms. The van der Waals surface area contributed by atoms with E-state index in [-0.39, 0.29) is 37.5 Å². The Balaban J connectivity index is 2.29. The maximum Gasteiger partial charge on any atom is 0.330 e. The van der Waals surface area contributed by atoms with Gasteiger partial charge in [-0.1, -0.05) is 12.2 Å². The molecule has 37 heavy (non-hydrogen) atoms. The van der Waals surface area contributed by atoms with Crippen molar-refractivity contribution >= 4 is 29.8 Å². The van der Waals surface area contributed by atoms with E-state index in [1.165, 1.54) is 11.0 Å². The second kappa shape index (κ2) is 17.1. The molecule has 15 nitrogen and oxygen atoms in total. The first-order valence-corrected chi connectivity index (χ1v) is 12.3. The lowest BCUT2D eigenvalue weighted by Crippen LogP contribution is -2.55. The van der Waals surface area contributed by atoms with Crippen LogP contribution in [0.25, 0.3) is 0 Å². The summed E-state index contributed by atoms with van der Waals surface area (Å²) in [5.74, 6) is -2.16. The molecule has 0 saturated heterocycles. The zero-order valence-corrected chi connectivity index (χ0v) is 21.1. The van der Waals surface area contributed by atoms with E-state index >= 15 is 0 Å². The summed E-state index contributed by atoms with van der Waals surface area (Å²) in [6.45, 7) is 1.44. The maximum absolute atomic E-state index is 12.8. The van der Waals surface area contributed by atoms with E-state index in [1.807, 2.05) is 0 Å². The quantitative estimate of drug-likeness (QED) is 0.0397. The summed E-state index contributed by atoms with van der Waals surface area (Å²) in [5.41, 5.74) is 28.0. The zero-order valence-electron chi connectivity index (χ0n) is 21.1. The molecule has 0 radical (unpaired) electrons. The highest BCUT2D eigenvalue weighted by atomic mass is 16.4. The molecule has 0 spiro atoms. The number of unbranched alkanes of at least 4 members (excludes halogenated alkanes) is 1. The molecule has 0 saturated carbocycles. The molecule has 1 aliphatic rings. The lowest BCUT2D eigenvalue weighted by atomic mass is 10.1. The number of urea groups is 1. The van der Waals surface area contributed by atoms with Gasteiger partial charge in [-0.15, -0.1) is 0 Å². The highest BCUT2D eigenvalue weighted by Crippen LogP contribution is 2.13. The Labute approximate surface area is 216 Å². The first-order valence-electron chi connectivity index (χ1n) is 12.3. The van der Waals surface area contributed by atoms with Gasteiger partial charge in [0, 0.05) is 32.2 Å². The van der Waals surface area contributed by atoms with E-state index in [2.05, 4.69) is 20.9 Å². The van der Waals surface area contributed by atoms with Gasteiger partial charge in [0.25, 0.3) is 0 Å². The highest BCUT2D eigenvalue weighted by Gasteiger charge is 2.35. The zero-order chi connectivity index (χ0) is 27.8. The summed E-state index contributed by atoms with van der Waals surface area (Å²) in [6, 6.07) is -3.47. The molecular weight excluding hydrogens is 484 g/mol. The summed E-state index contributed by atoms with van der Waals surface area (Å²) in [6.07, 6.45) is 6.01. The molecule has 14 N–H and O–H groups in total. The molecule has 210 valence electrons. The average Bonchev–Trinajstić information content (AvgIpc) is 3.34. The Kier molecular flexibility index (Phi) is 14.6. The lowest BCUT2D eigenvalue weighted by Gasteiger charge is -2.27. The number of hydrogen-bond donors (Lipinski definition) is 9. The number of carbonyl (C=O) groups is 4. The van der Waals surface area contributed by atoms with E-state index in [0.717, 1.165) is 0 Å². The number of rotatable bonds is 17. The van der Waals surface area contributed by atoms with Gasteiger partial charge in [0.1, 0.15) is 12.1 Å². The Morgan fingerprint density at radius 2 is 1.78 bits per heavy atom. The summed E-state index contributed by atoms with van der Waals surface area (Å²) in [7, 11) is 0. The Hall–Kier alpha value is -3.43. The van der Waals surface area contributed by atoms with Gasteiger partial charge < -0.3 is 54.6 Å². The number of aliphatic carboxylic acids is 1. The number of aliphatic imine (C=N–C) groups is 1. The number of carboxylic acids is 1. The predicted octanol–water partition coefficient (Wildman–Crippen LogP) is -3.15. The molecule has 0 aromatic heterocycles. The number of nitrogens with two attached hydrogens (primary N) is 5. The summed E-state index contributed by atoms with van der Waals surface area (Å²) in [5, 5.41) is 17.3. The molecule has 0 fully saturated rings. The Morgan fingerprint density at radius 3 is 2.43 bits per heavy atom. The van der Waals surface area contributed by atoms with Crippen molar-refractivity contribution in [2.24, 2.45) is 33.7 Å². The van der Waals surface area contributed by atoms with Crippen LogP contribution in [0.3, 0.4) is 0 Å². The maximum atomic E-state index is 12.8. The van der Waals surface area contributed by atoms with Crippen LogP contribution in [0, 0.1) is 0 Å². The highest BCUT2D eigenvalue weighted by molar-refractivity contribution is 5.93. The molecule has 1 heterocycles. The fraction of sp³-hybridized carbons (Fsp3) is 0.682. The molecule has 0 aromatic rings. The summed E-state index contributed by atoms with van der Waals surface area (Å²) >= 11 is 0. The van der Waals surface area contributed by atoms with Gasteiger partial charge in [-0.05, 0) is 45.1 Å². The number of guanidine groups is 1. The van der Waals surface area contributed by atoms with E-state index in [1.54, 1.807) is 6.08 Å². The van der Waals surface area contributed by atoms with Gasteiger partial charge >= 0.3 is 12.0 Å². The van der Waals surface area contributed by atoms with Crippen LogP contribution in [0.1, 0.15) is 38.5 Å². The normalized spacial score (nSPS) is 16.9. The number of nitrogens with zero attached hydrogens (tertiary/aromatic N) is 2. The number of hydrogen-bond acceptors (Lipinski definition) is 8. The van der Waals surface area contributed by atoms with Crippen LogP contribution in [-0.2, 0) is 14.4 Å². The third-order valence-electron chi connectivity index (χ3n) is 5.68. The molecule has 0 aliphatic carbocycles. The van der Waals surface area contributed by atoms with Crippen molar-refractivity contribution < 1.29 is 24.3 Å². The monoisotopic (exact) mass is 526 g/mol. The van der Waals surface area contributed by atoms with Crippen molar-refractivity contribution in [1.82, 2.24) is 20.9 Å². The average molecular weight is 527 g/mol. The van der Waals surface area contributed by atoms with Crippen molar-refractivity contribution in [2.45, 2.75) is 62.7 Å². The van der Waals surface area contributed by atoms with Crippen LogP contribution < -0.4 is 44.6 Å². The summed E-state index contributed by atoms with van der Waals surface area (Å²) in [4.78, 5) is 53.6. The Morgan fingerprint density at radius 1 is 1.05 bits per heavy atom. The van der Waals surface area contributed by atoms with Crippen molar-refractivity contribution in [3.8, 4) is 0 Å².